The number of amides is 1. The summed E-state index contributed by atoms with van der Waals surface area (Å²) in [4.78, 5) is 16.3. The summed E-state index contributed by atoms with van der Waals surface area (Å²) >= 11 is 5.94. The number of hydrogen-bond donors (Lipinski definition) is 0. The Labute approximate surface area is 183 Å². The van der Waals surface area contributed by atoms with Gasteiger partial charge in [0.15, 0.2) is 23.3 Å². The molecule has 162 valence electrons. The van der Waals surface area contributed by atoms with Gasteiger partial charge < -0.3 is 9.80 Å². The molecule has 3 heterocycles. The van der Waals surface area contributed by atoms with Gasteiger partial charge in [0.05, 0.1) is 16.3 Å². The molecule has 1 saturated heterocycles. The Morgan fingerprint density at radius 1 is 0.968 bits per heavy atom. The Morgan fingerprint density at radius 3 is 2.16 bits per heavy atom. The molecule has 1 amide bonds. The smallest absolute Gasteiger partial charge is 0.255 e. The van der Waals surface area contributed by atoms with Crippen molar-refractivity contribution >= 4 is 23.3 Å². The predicted octanol–water partition coefficient (Wildman–Crippen LogP) is 3.48. The molecule has 7 nitrogen and oxygen atoms in total. The number of benzene rings is 1. The summed E-state index contributed by atoms with van der Waals surface area (Å²) in [6.07, 6.45) is 0. The Balaban J connectivity index is 1.43. The maximum atomic E-state index is 13.5. The molecule has 2 aromatic heterocycles. The highest BCUT2D eigenvalue weighted by molar-refractivity contribution is 6.33. The number of halogens is 3. The van der Waals surface area contributed by atoms with E-state index in [4.69, 9.17) is 11.6 Å². The van der Waals surface area contributed by atoms with Gasteiger partial charge in [-0.05, 0) is 50.6 Å². The molecule has 0 N–H and O–H groups in total. The zero-order chi connectivity index (χ0) is 22.3. The van der Waals surface area contributed by atoms with Crippen LogP contribution in [-0.2, 0) is 0 Å². The average Bonchev–Trinajstić information content (AvgIpc) is 3.03. The van der Waals surface area contributed by atoms with E-state index in [2.05, 4.69) is 15.3 Å². The van der Waals surface area contributed by atoms with Crippen molar-refractivity contribution in [3.63, 3.8) is 0 Å². The van der Waals surface area contributed by atoms with E-state index in [9.17, 15) is 13.6 Å². The van der Waals surface area contributed by atoms with Gasteiger partial charge in [0, 0.05) is 31.9 Å². The first kappa shape index (κ1) is 21.2. The molecular formula is C21H21ClF2N6O. The van der Waals surface area contributed by atoms with E-state index < -0.39 is 17.5 Å². The summed E-state index contributed by atoms with van der Waals surface area (Å²) in [6, 6.07) is 5.40. The summed E-state index contributed by atoms with van der Waals surface area (Å²) < 4.78 is 28.6. The minimum atomic E-state index is -1.10. The number of rotatable bonds is 3. The third-order valence-corrected chi connectivity index (χ3v) is 5.95. The zero-order valence-corrected chi connectivity index (χ0v) is 18.1. The van der Waals surface area contributed by atoms with Gasteiger partial charge in [0.25, 0.3) is 5.91 Å². The lowest BCUT2D eigenvalue weighted by molar-refractivity contribution is 0.0746. The van der Waals surface area contributed by atoms with Crippen molar-refractivity contribution in [2.24, 2.45) is 0 Å². The highest BCUT2D eigenvalue weighted by Gasteiger charge is 2.25. The van der Waals surface area contributed by atoms with Gasteiger partial charge in [-0.15, -0.1) is 10.2 Å². The van der Waals surface area contributed by atoms with Crippen molar-refractivity contribution in [3.05, 3.63) is 63.4 Å². The average molecular weight is 447 g/mol. The normalized spacial score (nSPS) is 14.3. The summed E-state index contributed by atoms with van der Waals surface area (Å²) in [5.41, 5.74) is 3.04. The number of carbonyl (C=O) groups is 1. The van der Waals surface area contributed by atoms with Crippen LogP contribution < -0.4 is 4.90 Å². The van der Waals surface area contributed by atoms with E-state index in [1.807, 2.05) is 37.8 Å². The van der Waals surface area contributed by atoms with E-state index in [1.54, 1.807) is 9.58 Å². The third kappa shape index (κ3) is 3.97. The number of aryl methyl sites for hydroxylation is 1. The van der Waals surface area contributed by atoms with Gasteiger partial charge in [0.1, 0.15) is 0 Å². The van der Waals surface area contributed by atoms with Crippen molar-refractivity contribution < 1.29 is 13.6 Å². The van der Waals surface area contributed by atoms with Gasteiger partial charge >= 0.3 is 0 Å². The first-order chi connectivity index (χ1) is 14.8. The number of anilines is 1. The molecule has 1 aliphatic heterocycles. The van der Waals surface area contributed by atoms with Crippen LogP contribution in [0.15, 0.2) is 24.3 Å². The summed E-state index contributed by atoms with van der Waals surface area (Å²) in [6.45, 7) is 7.81. The number of piperazine rings is 1. The first-order valence-corrected chi connectivity index (χ1v) is 10.2. The lowest BCUT2D eigenvalue weighted by atomic mass is 10.1. The second kappa shape index (κ2) is 8.22. The minimum absolute atomic E-state index is 0.0432. The van der Waals surface area contributed by atoms with Crippen LogP contribution in [0, 0.1) is 32.4 Å². The third-order valence-electron chi connectivity index (χ3n) is 5.64. The van der Waals surface area contributed by atoms with Crippen molar-refractivity contribution in [2.75, 3.05) is 31.1 Å². The second-order valence-electron chi connectivity index (χ2n) is 7.48. The highest BCUT2D eigenvalue weighted by Crippen LogP contribution is 2.23. The molecule has 0 spiro atoms. The predicted molar refractivity (Wildman–Crippen MR) is 113 cm³/mol. The van der Waals surface area contributed by atoms with Crippen LogP contribution in [0.3, 0.4) is 0 Å². The Morgan fingerprint density at radius 2 is 1.58 bits per heavy atom. The molecule has 31 heavy (non-hydrogen) atoms. The SMILES string of the molecule is Cc1nn(-c2ccc(N3CCN(C(=O)c4cc(F)c(F)cc4Cl)CC3)nn2)c(C)c1C. The monoisotopic (exact) mass is 446 g/mol. The summed E-state index contributed by atoms with van der Waals surface area (Å²) in [7, 11) is 0. The largest absolute Gasteiger partial charge is 0.352 e. The van der Waals surface area contributed by atoms with E-state index >= 15 is 0 Å². The topological polar surface area (TPSA) is 67.2 Å². The van der Waals surface area contributed by atoms with Crippen LogP contribution in [0.5, 0.6) is 0 Å². The lowest BCUT2D eigenvalue weighted by Crippen LogP contribution is -2.49. The number of hydrogen-bond acceptors (Lipinski definition) is 5. The maximum Gasteiger partial charge on any atom is 0.255 e. The van der Waals surface area contributed by atoms with Gasteiger partial charge in [0.2, 0.25) is 0 Å². The molecule has 0 aliphatic carbocycles. The molecule has 10 heteroatoms. The molecule has 0 bridgehead atoms. The van der Waals surface area contributed by atoms with E-state index in [0.717, 1.165) is 29.1 Å². The molecule has 1 aromatic carbocycles. The molecule has 0 atom stereocenters. The van der Waals surface area contributed by atoms with Crippen LogP contribution in [0.1, 0.15) is 27.3 Å². The Bertz CT molecular complexity index is 1140. The van der Waals surface area contributed by atoms with Crippen molar-refractivity contribution in [3.8, 4) is 5.82 Å². The number of aromatic nitrogens is 4. The summed E-state index contributed by atoms with van der Waals surface area (Å²) in [5.74, 6) is -1.27. The zero-order valence-electron chi connectivity index (χ0n) is 17.4. The fraction of sp³-hybridized carbons (Fsp3) is 0.333. The van der Waals surface area contributed by atoms with Gasteiger partial charge in [-0.1, -0.05) is 11.6 Å². The number of carbonyl (C=O) groups excluding carboxylic acids is 1. The van der Waals surface area contributed by atoms with Crippen LogP contribution >= 0.6 is 11.6 Å². The maximum absolute atomic E-state index is 13.5. The Kier molecular flexibility index (Phi) is 5.62. The second-order valence-corrected chi connectivity index (χ2v) is 7.89. The quantitative estimate of drug-likeness (QED) is 0.576. The standard InChI is InChI=1S/C21H21ClF2N6O/c1-12-13(2)27-30(14(12)3)20-5-4-19(25-26-20)28-6-8-29(9-7-28)21(31)15-10-17(23)18(24)11-16(15)22/h4-5,10-11H,6-9H2,1-3H3. The Hall–Kier alpha value is -3.07. The van der Waals surface area contributed by atoms with Crippen LogP contribution in [-0.4, -0.2) is 57.0 Å². The van der Waals surface area contributed by atoms with Crippen molar-refractivity contribution in [2.45, 2.75) is 20.8 Å². The van der Waals surface area contributed by atoms with Crippen LogP contribution in [0.4, 0.5) is 14.6 Å². The van der Waals surface area contributed by atoms with Crippen LogP contribution in [0.2, 0.25) is 5.02 Å². The van der Waals surface area contributed by atoms with E-state index in [-0.39, 0.29) is 10.6 Å². The van der Waals surface area contributed by atoms with Gasteiger partial charge in [-0.2, -0.15) is 5.10 Å². The molecular weight excluding hydrogens is 426 g/mol. The van der Waals surface area contributed by atoms with Crippen LogP contribution in [0.25, 0.3) is 5.82 Å². The molecule has 0 unspecified atom stereocenters. The van der Waals surface area contributed by atoms with E-state index in [0.29, 0.717) is 37.8 Å². The fourth-order valence-corrected chi connectivity index (χ4v) is 3.77. The number of nitrogens with zero attached hydrogens (tertiary/aromatic N) is 6. The van der Waals surface area contributed by atoms with Crippen molar-refractivity contribution in [1.29, 1.82) is 0 Å². The molecule has 3 aromatic rings. The molecule has 1 fully saturated rings. The van der Waals surface area contributed by atoms with Gasteiger partial charge in [-0.25, -0.2) is 13.5 Å². The molecule has 1 aliphatic rings. The molecule has 0 saturated carbocycles. The van der Waals surface area contributed by atoms with E-state index in [1.165, 1.54) is 0 Å². The molecule has 0 radical (unpaired) electrons. The van der Waals surface area contributed by atoms with Gasteiger partial charge in [-0.3, -0.25) is 4.79 Å². The van der Waals surface area contributed by atoms with Crippen molar-refractivity contribution in [1.82, 2.24) is 24.9 Å². The fourth-order valence-electron chi connectivity index (χ4n) is 3.54. The lowest BCUT2D eigenvalue weighted by Gasteiger charge is -2.35. The molecule has 4 rings (SSSR count). The minimum Gasteiger partial charge on any atom is -0.352 e. The highest BCUT2D eigenvalue weighted by atomic mass is 35.5. The summed E-state index contributed by atoms with van der Waals surface area (Å²) in [5, 5.41) is 13.0. The first-order valence-electron chi connectivity index (χ1n) is 9.82.